The molecule has 0 aliphatic carbocycles. The molecule has 1 saturated heterocycles. The number of carbonyl (C=O) groups is 1. The zero-order valence-electron chi connectivity index (χ0n) is 9.60. The summed E-state index contributed by atoms with van der Waals surface area (Å²) >= 11 is 6.99. The monoisotopic (exact) mass is 376 g/mol. The molecule has 1 atom stereocenters. The lowest BCUT2D eigenvalue weighted by Crippen LogP contribution is -2.42. The topological polar surface area (TPSA) is 66.6 Å². The van der Waals surface area contributed by atoms with Crippen LogP contribution in [0.5, 0.6) is 5.75 Å². The summed E-state index contributed by atoms with van der Waals surface area (Å²) in [6, 6.07) is 4.75. The lowest BCUT2D eigenvalue weighted by Gasteiger charge is -2.23. The van der Waals surface area contributed by atoms with Crippen molar-refractivity contribution in [2.45, 2.75) is 18.9 Å². The van der Waals surface area contributed by atoms with Crippen LogP contribution in [-0.2, 0) is 0 Å². The number of phenolic OH excluding ortho intramolecular Hbond substituents is 1. The number of carbonyl (C=O) groups excluding carboxylic acids is 1. The molecule has 0 aromatic heterocycles. The lowest BCUT2D eigenvalue weighted by atomic mass is 10.1. The molecule has 1 fully saturated rings. The Morgan fingerprint density at radius 3 is 2.89 bits per heavy atom. The van der Waals surface area contributed by atoms with E-state index < -0.39 is 0 Å². The first-order valence-corrected chi connectivity index (χ1v) is 7.08. The number of phenols is 1. The molecule has 1 aromatic rings. The van der Waals surface area contributed by atoms with Crippen molar-refractivity contribution in [2.24, 2.45) is 5.73 Å². The predicted molar refractivity (Wildman–Crippen MR) is 81.7 cm³/mol. The first-order valence-electron chi connectivity index (χ1n) is 5.59. The number of hydrogen-bond donors (Lipinski definition) is 2. The molecule has 1 unspecified atom stereocenters. The number of nitrogens with zero attached hydrogens (tertiary/aromatic N) is 1. The molecular weight excluding hydrogens is 363 g/mol. The Bertz CT molecular complexity index is 507. The standard InChI is InChI=1S/C12H13IN2O2S/c13-8-4-3-7(6-10(8)16)12(17)15-5-1-2-9(15)11(14)18/h3-4,6,9,16H,1-2,5H2,(H2,14,18). The summed E-state index contributed by atoms with van der Waals surface area (Å²) in [7, 11) is 0. The highest BCUT2D eigenvalue weighted by Gasteiger charge is 2.31. The van der Waals surface area contributed by atoms with Crippen LogP contribution in [0.15, 0.2) is 18.2 Å². The van der Waals surface area contributed by atoms with Gasteiger partial charge in [0.1, 0.15) is 5.75 Å². The van der Waals surface area contributed by atoms with Crippen LogP contribution in [0.25, 0.3) is 0 Å². The van der Waals surface area contributed by atoms with Gasteiger partial charge in [-0.05, 0) is 53.6 Å². The molecule has 6 heteroatoms. The molecule has 1 aromatic carbocycles. The van der Waals surface area contributed by atoms with Gasteiger partial charge in [0.05, 0.1) is 14.6 Å². The molecular formula is C12H13IN2O2S. The Labute approximate surface area is 124 Å². The van der Waals surface area contributed by atoms with Gasteiger partial charge in [0.25, 0.3) is 5.91 Å². The Hall–Kier alpha value is -0.890. The number of likely N-dealkylation sites (tertiary alicyclic amines) is 1. The largest absolute Gasteiger partial charge is 0.507 e. The van der Waals surface area contributed by atoms with E-state index in [0.717, 1.165) is 16.4 Å². The van der Waals surface area contributed by atoms with E-state index in [1.807, 2.05) is 22.6 Å². The second-order valence-corrected chi connectivity index (χ2v) is 5.86. The van der Waals surface area contributed by atoms with Gasteiger partial charge in [0.15, 0.2) is 0 Å². The van der Waals surface area contributed by atoms with E-state index in [9.17, 15) is 9.90 Å². The Balaban J connectivity index is 2.25. The maximum atomic E-state index is 12.3. The summed E-state index contributed by atoms with van der Waals surface area (Å²) in [5.41, 5.74) is 6.11. The van der Waals surface area contributed by atoms with Crippen molar-refractivity contribution in [1.29, 1.82) is 0 Å². The van der Waals surface area contributed by atoms with Crippen LogP contribution in [-0.4, -0.2) is 33.5 Å². The highest BCUT2D eigenvalue weighted by molar-refractivity contribution is 14.1. The van der Waals surface area contributed by atoms with Crippen molar-refractivity contribution >= 4 is 45.7 Å². The SMILES string of the molecule is NC(=S)C1CCCN1C(=O)c1ccc(I)c(O)c1. The van der Waals surface area contributed by atoms with Gasteiger partial charge in [0.2, 0.25) is 0 Å². The molecule has 3 N–H and O–H groups in total. The van der Waals surface area contributed by atoms with E-state index in [4.69, 9.17) is 18.0 Å². The molecule has 18 heavy (non-hydrogen) atoms. The second-order valence-electron chi connectivity index (χ2n) is 4.23. The normalized spacial score (nSPS) is 18.9. The molecule has 96 valence electrons. The Kier molecular flexibility index (Phi) is 4.06. The maximum Gasteiger partial charge on any atom is 0.254 e. The van der Waals surface area contributed by atoms with E-state index in [1.54, 1.807) is 17.0 Å². The van der Waals surface area contributed by atoms with Crippen LogP contribution < -0.4 is 5.73 Å². The summed E-state index contributed by atoms with van der Waals surface area (Å²) in [4.78, 5) is 14.4. The van der Waals surface area contributed by atoms with Gasteiger partial charge in [-0.1, -0.05) is 12.2 Å². The number of hydrogen-bond acceptors (Lipinski definition) is 3. The van der Waals surface area contributed by atoms with Gasteiger partial charge < -0.3 is 15.7 Å². The summed E-state index contributed by atoms with van der Waals surface area (Å²) in [6.45, 7) is 0.660. The van der Waals surface area contributed by atoms with Crippen LogP contribution in [0.3, 0.4) is 0 Å². The summed E-state index contributed by atoms with van der Waals surface area (Å²) in [5, 5.41) is 9.64. The number of halogens is 1. The molecule has 1 heterocycles. The van der Waals surface area contributed by atoms with Gasteiger partial charge in [0, 0.05) is 12.1 Å². The number of rotatable bonds is 2. The van der Waals surface area contributed by atoms with Crippen LogP contribution >= 0.6 is 34.8 Å². The van der Waals surface area contributed by atoms with Gasteiger partial charge in [-0.3, -0.25) is 4.79 Å². The molecule has 1 aliphatic heterocycles. The van der Waals surface area contributed by atoms with Crippen LogP contribution in [0.2, 0.25) is 0 Å². The summed E-state index contributed by atoms with van der Waals surface area (Å²) < 4.78 is 0.719. The maximum absolute atomic E-state index is 12.3. The third kappa shape index (κ3) is 2.59. The van der Waals surface area contributed by atoms with E-state index in [0.29, 0.717) is 17.1 Å². The number of nitrogens with two attached hydrogens (primary N) is 1. The van der Waals surface area contributed by atoms with Crippen molar-refractivity contribution < 1.29 is 9.90 Å². The van der Waals surface area contributed by atoms with Gasteiger partial charge in [-0.15, -0.1) is 0 Å². The van der Waals surface area contributed by atoms with E-state index in [2.05, 4.69) is 0 Å². The van der Waals surface area contributed by atoms with Gasteiger partial charge in [-0.2, -0.15) is 0 Å². The zero-order chi connectivity index (χ0) is 13.3. The Morgan fingerprint density at radius 2 is 2.28 bits per heavy atom. The Morgan fingerprint density at radius 1 is 1.56 bits per heavy atom. The lowest BCUT2D eigenvalue weighted by molar-refractivity contribution is 0.0770. The number of amides is 1. The quantitative estimate of drug-likeness (QED) is 0.611. The molecule has 0 radical (unpaired) electrons. The highest BCUT2D eigenvalue weighted by atomic mass is 127. The summed E-state index contributed by atoms with van der Waals surface area (Å²) in [6.07, 6.45) is 1.72. The molecule has 4 nitrogen and oxygen atoms in total. The fraction of sp³-hybridized carbons (Fsp3) is 0.333. The van der Waals surface area contributed by atoms with Crippen molar-refractivity contribution in [2.75, 3.05) is 6.54 Å². The van der Waals surface area contributed by atoms with Gasteiger partial charge >= 0.3 is 0 Å². The van der Waals surface area contributed by atoms with E-state index in [1.165, 1.54) is 6.07 Å². The van der Waals surface area contributed by atoms with Crippen molar-refractivity contribution in [3.05, 3.63) is 27.3 Å². The predicted octanol–water partition coefficient (Wildman–Crippen LogP) is 1.89. The smallest absolute Gasteiger partial charge is 0.254 e. The fourth-order valence-electron chi connectivity index (χ4n) is 2.12. The average Bonchev–Trinajstić information content (AvgIpc) is 2.81. The third-order valence-corrected chi connectivity index (χ3v) is 4.22. The van der Waals surface area contributed by atoms with Crippen molar-refractivity contribution in [3.8, 4) is 5.75 Å². The summed E-state index contributed by atoms with van der Waals surface area (Å²) in [5.74, 6) is -0.00970. The van der Waals surface area contributed by atoms with Crippen LogP contribution in [0.1, 0.15) is 23.2 Å². The van der Waals surface area contributed by atoms with Crippen molar-refractivity contribution in [1.82, 2.24) is 4.90 Å². The molecule has 0 bridgehead atoms. The van der Waals surface area contributed by atoms with E-state index >= 15 is 0 Å². The minimum atomic E-state index is -0.158. The molecule has 1 amide bonds. The average molecular weight is 376 g/mol. The first kappa shape index (κ1) is 13.5. The van der Waals surface area contributed by atoms with Crippen LogP contribution in [0, 0.1) is 3.57 Å². The molecule has 0 saturated carbocycles. The second kappa shape index (κ2) is 5.40. The molecule has 0 spiro atoms. The number of thiocarbonyl (C=S) groups is 1. The fourth-order valence-corrected chi connectivity index (χ4v) is 2.70. The first-order chi connectivity index (χ1) is 8.50. The minimum Gasteiger partial charge on any atom is -0.507 e. The number of benzene rings is 1. The third-order valence-electron chi connectivity index (χ3n) is 3.04. The van der Waals surface area contributed by atoms with Crippen LogP contribution in [0.4, 0.5) is 0 Å². The highest BCUT2D eigenvalue weighted by Crippen LogP contribution is 2.24. The zero-order valence-corrected chi connectivity index (χ0v) is 12.6. The molecule has 1 aliphatic rings. The molecule has 2 rings (SSSR count). The van der Waals surface area contributed by atoms with Crippen molar-refractivity contribution in [3.63, 3.8) is 0 Å². The number of aromatic hydroxyl groups is 1. The minimum absolute atomic E-state index is 0.118. The van der Waals surface area contributed by atoms with Gasteiger partial charge in [-0.25, -0.2) is 0 Å². The van der Waals surface area contributed by atoms with E-state index in [-0.39, 0.29) is 17.7 Å².